The highest BCUT2D eigenvalue weighted by Crippen LogP contribution is 2.22. The molecule has 1 aromatic rings. The summed E-state index contributed by atoms with van der Waals surface area (Å²) in [7, 11) is -2.87. The lowest BCUT2D eigenvalue weighted by atomic mass is 10.0. The summed E-state index contributed by atoms with van der Waals surface area (Å²) in [4.78, 5) is 0. The molecule has 0 aromatic heterocycles. The van der Waals surface area contributed by atoms with Gasteiger partial charge < -0.3 is 16.0 Å². The second-order valence-corrected chi connectivity index (χ2v) is 8.67. The molecule has 5 nitrogen and oxygen atoms in total. The van der Waals surface area contributed by atoms with Crippen molar-refractivity contribution in [1.29, 1.82) is 0 Å². The van der Waals surface area contributed by atoms with Gasteiger partial charge in [0.05, 0.1) is 11.5 Å². The second kappa shape index (κ2) is 6.93. The fourth-order valence-electron chi connectivity index (χ4n) is 2.50. The summed E-state index contributed by atoms with van der Waals surface area (Å²) >= 11 is 5.24. The molecule has 0 unspecified atom stereocenters. The smallest absolute Gasteiger partial charge is 0.170 e. The third-order valence-corrected chi connectivity index (χ3v) is 5.92. The fraction of sp³-hybridized carbons (Fsp3) is 0.533. The molecule has 1 heterocycles. The predicted octanol–water partition coefficient (Wildman–Crippen LogP) is 1.45. The van der Waals surface area contributed by atoms with Crippen LogP contribution >= 0.6 is 12.2 Å². The molecule has 122 valence electrons. The van der Waals surface area contributed by atoms with E-state index in [1.54, 1.807) is 0 Å². The molecular weight excluding hydrogens is 318 g/mol. The van der Waals surface area contributed by atoms with E-state index in [0.717, 1.165) is 5.69 Å². The lowest BCUT2D eigenvalue weighted by molar-refractivity contribution is 0.400. The molecule has 1 saturated heterocycles. The highest BCUT2D eigenvalue weighted by Gasteiger charge is 2.37. The van der Waals surface area contributed by atoms with Crippen LogP contribution in [0.1, 0.15) is 18.9 Å². The largest absolute Gasteiger partial charge is 0.361 e. The molecule has 0 radical (unpaired) electrons. The fourth-order valence-corrected chi connectivity index (χ4v) is 4.85. The van der Waals surface area contributed by atoms with Gasteiger partial charge in [-0.15, -0.1) is 0 Å². The van der Waals surface area contributed by atoms with Crippen LogP contribution < -0.4 is 16.0 Å². The molecule has 1 aliphatic heterocycles. The van der Waals surface area contributed by atoms with E-state index in [4.69, 9.17) is 12.2 Å². The van der Waals surface area contributed by atoms with Gasteiger partial charge in [-0.2, -0.15) is 0 Å². The number of sulfone groups is 1. The Balaban J connectivity index is 1.68. The van der Waals surface area contributed by atoms with Gasteiger partial charge in [0.2, 0.25) is 0 Å². The topological polar surface area (TPSA) is 70.2 Å². The Bertz CT molecular complexity index is 629. The lowest BCUT2D eigenvalue weighted by Crippen LogP contribution is -2.47. The van der Waals surface area contributed by atoms with Gasteiger partial charge in [-0.3, -0.25) is 0 Å². The Hall–Kier alpha value is -1.18. The number of aryl methyl sites for hydroxylation is 1. The first kappa shape index (κ1) is 17.2. The molecule has 0 saturated carbocycles. The van der Waals surface area contributed by atoms with E-state index in [2.05, 4.69) is 16.0 Å². The van der Waals surface area contributed by atoms with Gasteiger partial charge in [0.15, 0.2) is 14.9 Å². The Kier molecular flexibility index (Phi) is 5.41. The Morgan fingerprint density at radius 1 is 1.27 bits per heavy atom. The summed E-state index contributed by atoms with van der Waals surface area (Å²) in [6, 6.07) is 8.00. The number of rotatable bonds is 5. The van der Waals surface area contributed by atoms with Crippen molar-refractivity contribution >= 4 is 32.9 Å². The SMILES string of the molecule is Cc1ccc(NC(=S)NCCN[C@@]2(C)CCS(=O)(=O)C2)cc1. The average Bonchev–Trinajstić information content (AvgIpc) is 2.72. The zero-order valence-corrected chi connectivity index (χ0v) is 14.6. The van der Waals surface area contributed by atoms with Crippen molar-refractivity contribution in [2.45, 2.75) is 25.8 Å². The van der Waals surface area contributed by atoms with Gasteiger partial charge in [0.25, 0.3) is 0 Å². The molecule has 1 atom stereocenters. The number of hydrogen-bond donors (Lipinski definition) is 3. The second-order valence-electron chi connectivity index (χ2n) is 6.08. The van der Waals surface area contributed by atoms with Gasteiger partial charge in [-0.05, 0) is 44.6 Å². The highest BCUT2D eigenvalue weighted by atomic mass is 32.2. The summed E-state index contributed by atoms with van der Waals surface area (Å²) in [5, 5.41) is 10.1. The van der Waals surface area contributed by atoms with Crippen LogP contribution in [0, 0.1) is 6.92 Å². The van der Waals surface area contributed by atoms with Crippen LogP contribution in [0.4, 0.5) is 5.69 Å². The standard InChI is InChI=1S/C15H23N3O2S2/c1-12-3-5-13(6-4-12)18-14(21)16-8-9-17-15(2)7-10-22(19,20)11-15/h3-6,17H,7-11H2,1-2H3,(H2,16,18,21)/t15-/m0/s1. The third-order valence-electron chi connectivity index (χ3n) is 3.78. The van der Waals surface area contributed by atoms with Gasteiger partial charge in [-0.25, -0.2) is 8.42 Å². The van der Waals surface area contributed by atoms with Crippen LogP contribution in [0.15, 0.2) is 24.3 Å². The average molecular weight is 342 g/mol. The van der Waals surface area contributed by atoms with Gasteiger partial charge in [0, 0.05) is 24.3 Å². The van der Waals surface area contributed by atoms with Gasteiger partial charge in [-0.1, -0.05) is 17.7 Å². The zero-order chi connectivity index (χ0) is 16.2. The number of anilines is 1. The summed E-state index contributed by atoms with van der Waals surface area (Å²) in [6.07, 6.45) is 0.668. The molecule has 0 amide bonds. The van der Waals surface area contributed by atoms with E-state index in [9.17, 15) is 8.42 Å². The summed E-state index contributed by atoms with van der Waals surface area (Å²) < 4.78 is 23.1. The van der Waals surface area contributed by atoms with Crippen molar-refractivity contribution in [1.82, 2.24) is 10.6 Å². The summed E-state index contributed by atoms with van der Waals surface area (Å²) in [6.45, 7) is 5.31. The molecule has 7 heteroatoms. The Labute approximate surface area is 137 Å². The first-order valence-corrected chi connectivity index (χ1v) is 9.58. The first-order chi connectivity index (χ1) is 10.3. The van der Waals surface area contributed by atoms with Crippen molar-refractivity contribution in [2.24, 2.45) is 0 Å². The van der Waals surface area contributed by atoms with Crippen LogP contribution in [0.25, 0.3) is 0 Å². The van der Waals surface area contributed by atoms with Crippen molar-refractivity contribution < 1.29 is 8.42 Å². The molecule has 3 N–H and O–H groups in total. The van der Waals surface area contributed by atoms with Gasteiger partial charge in [0.1, 0.15) is 0 Å². The van der Waals surface area contributed by atoms with Crippen LogP contribution in [0.2, 0.25) is 0 Å². The summed E-state index contributed by atoms with van der Waals surface area (Å²) in [5.41, 5.74) is 1.84. The number of thiocarbonyl (C=S) groups is 1. The van der Waals surface area contributed by atoms with Crippen molar-refractivity contribution in [3.8, 4) is 0 Å². The monoisotopic (exact) mass is 341 g/mol. The maximum atomic E-state index is 11.5. The maximum Gasteiger partial charge on any atom is 0.170 e. The molecule has 1 fully saturated rings. The molecule has 1 aromatic carbocycles. The molecule has 0 aliphatic carbocycles. The van der Waals surface area contributed by atoms with Crippen molar-refractivity contribution in [3.63, 3.8) is 0 Å². The number of hydrogen-bond acceptors (Lipinski definition) is 4. The van der Waals surface area contributed by atoms with E-state index in [-0.39, 0.29) is 17.0 Å². The number of benzene rings is 1. The minimum atomic E-state index is -2.87. The third kappa shape index (κ3) is 5.23. The maximum absolute atomic E-state index is 11.5. The van der Waals surface area contributed by atoms with E-state index < -0.39 is 9.84 Å². The van der Waals surface area contributed by atoms with Gasteiger partial charge >= 0.3 is 0 Å². The van der Waals surface area contributed by atoms with E-state index >= 15 is 0 Å². The molecular formula is C15H23N3O2S2. The van der Waals surface area contributed by atoms with E-state index in [0.29, 0.717) is 24.6 Å². The lowest BCUT2D eigenvalue weighted by Gasteiger charge is -2.24. The Morgan fingerprint density at radius 2 is 1.95 bits per heavy atom. The van der Waals surface area contributed by atoms with E-state index in [1.807, 2.05) is 38.1 Å². The molecule has 1 aliphatic rings. The number of nitrogens with one attached hydrogen (secondary N) is 3. The highest BCUT2D eigenvalue weighted by molar-refractivity contribution is 7.91. The predicted molar refractivity (Wildman–Crippen MR) is 95.1 cm³/mol. The van der Waals surface area contributed by atoms with Crippen LogP contribution in [0.3, 0.4) is 0 Å². The molecule has 22 heavy (non-hydrogen) atoms. The minimum absolute atomic E-state index is 0.214. The molecule has 0 bridgehead atoms. The molecule has 0 spiro atoms. The Morgan fingerprint density at radius 3 is 2.55 bits per heavy atom. The van der Waals surface area contributed by atoms with E-state index in [1.165, 1.54) is 5.56 Å². The van der Waals surface area contributed by atoms with Crippen LogP contribution in [-0.2, 0) is 9.84 Å². The quantitative estimate of drug-likeness (QED) is 0.556. The zero-order valence-electron chi connectivity index (χ0n) is 13.0. The van der Waals surface area contributed by atoms with Crippen molar-refractivity contribution in [3.05, 3.63) is 29.8 Å². The molecule has 2 rings (SSSR count). The van der Waals surface area contributed by atoms with Crippen molar-refractivity contribution in [2.75, 3.05) is 29.9 Å². The van der Waals surface area contributed by atoms with Crippen LogP contribution in [-0.4, -0.2) is 43.7 Å². The minimum Gasteiger partial charge on any atom is -0.361 e. The summed E-state index contributed by atoms with van der Waals surface area (Å²) in [5.74, 6) is 0.489. The normalized spacial score (nSPS) is 23.2. The van der Waals surface area contributed by atoms with Crippen LogP contribution in [0.5, 0.6) is 0 Å². The first-order valence-electron chi connectivity index (χ1n) is 7.35.